The van der Waals surface area contributed by atoms with E-state index in [1.165, 1.54) is 31.4 Å². The highest BCUT2D eigenvalue weighted by molar-refractivity contribution is 7.85. The fraction of sp³-hybridized carbons (Fsp3) is 0.324. The van der Waals surface area contributed by atoms with Crippen LogP contribution in [-0.2, 0) is 19.8 Å². The number of carboxylic acids is 1. The Kier molecular flexibility index (Phi) is 14.0. The van der Waals surface area contributed by atoms with Crippen molar-refractivity contribution < 1.29 is 32.5 Å². The molecule has 49 heavy (non-hydrogen) atoms. The van der Waals surface area contributed by atoms with Gasteiger partial charge in [-0.05, 0) is 62.1 Å². The molecule has 0 radical (unpaired) electrons. The van der Waals surface area contributed by atoms with Crippen LogP contribution in [0.5, 0.6) is 0 Å². The molecule has 5 rings (SSSR count). The van der Waals surface area contributed by atoms with Gasteiger partial charge in [0.1, 0.15) is 11.2 Å². The molecule has 7 N–H and O–H groups in total. The Bertz CT molecular complexity index is 1870. The van der Waals surface area contributed by atoms with Crippen LogP contribution in [0.25, 0.3) is 22.4 Å². The number of unbranched alkanes of at least 4 members (excludes halogenated alkanes) is 1. The zero-order chi connectivity index (χ0) is 36.2. The van der Waals surface area contributed by atoms with Gasteiger partial charge < -0.3 is 20.7 Å². The molecule has 12 heteroatoms. The SMILES string of the molecule is CCCCC(CC)CC1=C(C)C=CC(C)(C(=O)O)C1N.NOC(=O)c1ccccc1.O=S(=O)(O)c1ccc2nc(-c3ccccc3)[nH]c2c1. The fourth-order valence-electron chi connectivity index (χ4n) is 5.39. The number of rotatable bonds is 10. The fourth-order valence-corrected chi connectivity index (χ4v) is 5.89. The molecule has 3 unspecified atom stereocenters. The summed E-state index contributed by atoms with van der Waals surface area (Å²) < 4.78 is 31.2. The van der Waals surface area contributed by atoms with Crippen LogP contribution < -0.4 is 11.6 Å². The number of H-pyrrole nitrogens is 1. The third-order valence-corrected chi connectivity index (χ3v) is 9.48. The van der Waals surface area contributed by atoms with Crippen molar-refractivity contribution in [2.75, 3.05) is 0 Å². The Hall–Kier alpha value is -4.62. The minimum atomic E-state index is -4.20. The third-order valence-electron chi connectivity index (χ3n) is 8.64. The maximum absolute atomic E-state index is 11.5. The van der Waals surface area contributed by atoms with Gasteiger partial charge in [-0.15, -0.1) is 0 Å². The lowest BCUT2D eigenvalue weighted by molar-refractivity contribution is -0.145. The van der Waals surface area contributed by atoms with Gasteiger partial charge in [-0.25, -0.2) is 9.78 Å². The number of carboxylic acid groups (broad SMARTS) is 1. The predicted octanol–water partition coefficient (Wildman–Crippen LogP) is 7.09. The first-order valence-corrected chi connectivity index (χ1v) is 17.6. The van der Waals surface area contributed by atoms with Crippen molar-refractivity contribution in [1.29, 1.82) is 0 Å². The molecule has 1 aliphatic rings. The number of aromatic nitrogens is 2. The number of nitrogens with one attached hydrogen (secondary N) is 1. The highest BCUT2D eigenvalue weighted by Crippen LogP contribution is 2.37. The lowest BCUT2D eigenvalue weighted by Gasteiger charge is -2.35. The van der Waals surface area contributed by atoms with Crippen LogP contribution in [0.3, 0.4) is 0 Å². The van der Waals surface area contributed by atoms with E-state index in [0.717, 1.165) is 29.6 Å². The Balaban J connectivity index is 0.000000210. The highest BCUT2D eigenvalue weighted by atomic mass is 32.2. The number of nitrogens with zero attached hydrogens (tertiary/aromatic N) is 1. The third kappa shape index (κ3) is 10.4. The molecule has 0 fully saturated rings. The van der Waals surface area contributed by atoms with E-state index < -0.39 is 33.5 Å². The molecule has 1 aromatic heterocycles. The van der Waals surface area contributed by atoms with E-state index in [1.54, 1.807) is 43.3 Å². The lowest BCUT2D eigenvalue weighted by atomic mass is 9.71. The van der Waals surface area contributed by atoms with E-state index in [0.29, 0.717) is 28.3 Å². The number of carbonyl (C=O) groups is 2. The minimum absolute atomic E-state index is 0.150. The smallest absolute Gasteiger partial charge is 0.356 e. The van der Waals surface area contributed by atoms with Gasteiger partial charge in [0.15, 0.2) is 0 Å². The molecule has 3 aromatic carbocycles. The number of imidazole rings is 1. The maximum atomic E-state index is 11.5. The van der Waals surface area contributed by atoms with Crippen molar-refractivity contribution in [2.45, 2.75) is 70.7 Å². The second-order valence-electron chi connectivity index (χ2n) is 12.1. The standard InChI is InChI=1S/C17H29NO2.C13H10N2O3S.C7H7NO2/c1-5-7-8-13(6-2)11-14-12(3)9-10-17(4,15(14)18)16(19)20;16-19(17,18)10-6-7-11-12(8-10)15-13(14-11)9-4-2-1-3-5-9;8-10-7(9)6-4-2-1-3-5-6/h9-10,13,15H,5-8,11,18H2,1-4H3,(H,19,20);1-8H,(H,14,15)(H,16,17,18);1-5H,8H2. The van der Waals surface area contributed by atoms with Crippen molar-refractivity contribution in [3.8, 4) is 11.4 Å². The molecule has 0 aliphatic heterocycles. The van der Waals surface area contributed by atoms with E-state index in [-0.39, 0.29) is 4.90 Å². The number of allylic oxidation sites excluding steroid dienone is 2. The van der Waals surface area contributed by atoms with Crippen molar-refractivity contribution >= 4 is 33.1 Å². The number of aliphatic carboxylic acids is 1. The largest absolute Gasteiger partial charge is 0.481 e. The second kappa shape index (κ2) is 17.7. The van der Waals surface area contributed by atoms with Crippen LogP contribution in [0.15, 0.2) is 107 Å². The van der Waals surface area contributed by atoms with Gasteiger partial charge >= 0.3 is 11.9 Å². The molecule has 0 saturated heterocycles. The van der Waals surface area contributed by atoms with Crippen molar-refractivity contribution in [3.05, 3.63) is 108 Å². The summed E-state index contributed by atoms with van der Waals surface area (Å²) in [7, 11) is -4.20. The first-order valence-electron chi connectivity index (χ1n) is 16.1. The molecule has 4 aromatic rings. The number of nitrogens with two attached hydrogens (primary N) is 2. The molecule has 11 nitrogen and oxygen atoms in total. The van der Waals surface area contributed by atoms with E-state index >= 15 is 0 Å². The van der Waals surface area contributed by atoms with Crippen LogP contribution >= 0.6 is 0 Å². The quantitative estimate of drug-likeness (QED) is 0.0845. The molecule has 0 saturated carbocycles. The van der Waals surface area contributed by atoms with Crippen molar-refractivity contribution in [3.63, 3.8) is 0 Å². The lowest BCUT2D eigenvalue weighted by Crippen LogP contribution is -2.47. The summed E-state index contributed by atoms with van der Waals surface area (Å²) in [6.45, 7) is 8.17. The highest BCUT2D eigenvalue weighted by Gasteiger charge is 2.41. The van der Waals surface area contributed by atoms with Gasteiger partial charge in [0.05, 0.1) is 21.5 Å². The number of aromatic amines is 1. The van der Waals surface area contributed by atoms with Crippen LogP contribution in [0, 0.1) is 11.3 Å². The summed E-state index contributed by atoms with van der Waals surface area (Å²) in [6, 6.07) is 21.9. The molecule has 0 spiro atoms. The Labute approximate surface area is 287 Å². The summed E-state index contributed by atoms with van der Waals surface area (Å²) in [4.78, 5) is 33.4. The first kappa shape index (κ1) is 38.8. The number of carbonyl (C=O) groups excluding carboxylic acids is 1. The van der Waals surface area contributed by atoms with Gasteiger partial charge in [0.25, 0.3) is 10.1 Å². The van der Waals surface area contributed by atoms with Crippen molar-refractivity contribution in [2.24, 2.45) is 23.0 Å². The average molecular weight is 691 g/mol. The Morgan fingerprint density at radius 1 is 1.04 bits per heavy atom. The van der Waals surface area contributed by atoms with Crippen LogP contribution in [-0.4, -0.2) is 46.0 Å². The van der Waals surface area contributed by atoms with E-state index in [1.807, 2.05) is 49.4 Å². The summed E-state index contributed by atoms with van der Waals surface area (Å²) in [5, 5.41) is 9.45. The Morgan fingerprint density at radius 3 is 2.22 bits per heavy atom. The molecule has 0 bridgehead atoms. The van der Waals surface area contributed by atoms with Gasteiger partial charge in [0.2, 0.25) is 0 Å². The van der Waals surface area contributed by atoms with Gasteiger partial charge in [0, 0.05) is 11.6 Å². The zero-order valence-electron chi connectivity index (χ0n) is 28.3. The van der Waals surface area contributed by atoms with Crippen LogP contribution in [0.2, 0.25) is 0 Å². The van der Waals surface area contributed by atoms with Gasteiger partial charge in [-0.1, -0.05) is 106 Å². The zero-order valence-corrected chi connectivity index (χ0v) is 29.1. The van der Waals surface area contributed by atoms with Gasteiger partial charge in [-0.3, -0.25) is 9.35 Å². The average Bonchev–Trinajstić information content (AvgIpc) is 3.54. The normalized spacial score (nSPS) is 17.7. The maximum Gasteiger partial charge on any atom is 0.356 e. The number of hydrogen-bond donors (Lipinski definition) is 5. The summed E-state index contributed by atoms with van der Waals surface area (Å²) >= 11 is 0. The predicted molar refractivity (Wildman–Crippen MR) is 191 cm³/mol. The van der Waals surface area contributed by atoms with Crippen LogP contribution in [0.4, 0.5) is 0 Å². The summed E-state index contributed by atoms with van der Waals surface area (Å²) in [5.41, 5.74) is 10.2. The number of hydrogen-bond acceptors (Lipinski definition) is 8. The first-order chi connectivity index (χ1) is 23.2. The number of fused-ring (bicyclic) bond motifs is 1. The van der Waals surface area contributed by atoms with Crippen molar-refractivity contribution in [1.82, 2.24) is 9.97 Å². The Morgan fingerprint density at radius 2 is 1.67 bits per heavy atom. The summed E-state index contributed by atoms with van der Waals surface area (Å²) in [6.07, 6.45) is 9.35. The van der Waals surface area contributed by atoms with E-state index in [4.69, 9.17) is 10.3 Å². The second-order valence-corrected chi connectivity index (χ2v) is 13.5. The minimum Gasteiger partial charge on any atom is -0.481 e. The molecule has 262 valence electrons. The van der Waals surface area contributed by atoms with Crippen LogP contribution in [0.1, 0.15) is 70.2 Å². The van der Waals surface area contributed by atoms with Gasteiger partial charge in [-0.2, -0.15) is 14.3 Å². The molecule has 3 atom stereocenters. The van der Waals surface area contributed by atoms with E-state index in [2.05, 4.69) is 34.5 Å². The molecular formula is C37H46N4O7S. The topological polar surface area (TPSA) is 199 Å². The monoisotopic (exact) mass is 690 g/mol. The molecule has 1 heterocycles. The molecular weight excluding hydrogens is 644 g/mol. The molecule has 1 aliphatic carbocycles. The summed E-state index contributed by atoms with van der Waals surface area (Å²) in [5.74, 6) is 4.56. The van der Waals surface area contributed by atoms with E-state index in [9.17, 15) is 23.1 Å². The number of benzene rings is 3. The molecule has 0 amide bonds.